The Labute approximate surface area is 134 Å². The standard InChI is InChI=1S/C18H18N2O3/c1-13(14-7-3-2-4-8-14)11-19-20-18(21)17-12-22-15-9-5-6-10-16(15)23-17/h2-11,13,17H,12H2,1H3,(H,20,21)/b19-11+. The molecule has 2 unspecified atom stereocenters. The lowest BCUT2D eigenvalue weighted by Crippen LogP contribution is -2.42. The smallest absolute Gasteiger partial charge is 0.284 e. The van der Waals surface area contributed by atoms with Crippen LogP contribution in [0.4, 0.5) is 0 Å². The molecule has 3 rings (SSSR count). The Morgan fingerprint density at radius 2 is 1.87 bits per heavy atom. The van der Waals surface area contributed by atoms with Gasteiger partial charge >= 0.3 is 0 Å². The maximum absolute atomic E-state index is 12.1. The molecule has 0 saturated carbocycles. The van der Waals surface area contributed by atoms with Crippen molar-refractivity contribution in [1.29, 1.82) is 0 Å². The van der Waals surface area contributed by atoms with E-state index in [-0.39, 0.29) is 18.4 Å². The number of amides is 1. The average Bonchev–Trinajstić information content (AvgIpc) is 2.61. The third kappa shape index (κ3) is 3.69. The van der Waals surface area contributed by atoms with Crippen molar-refractivity contribution in [1.82, 2.24) is 5.43 Å². The molecule has 0 spiro atoms. The van der Waals surface area contributed by atoms with Crippen LogP contribution in [-0.4, -0.2) is 24.8 Å². The Bertz CT molecular complexity index is 700. The van der Waals surface area contributed by atoms with Crippen LogP contribution >= 0.6 is 0 Å². The Kier molecular flexibility index (Phi) is 4.57. The number of benzene rings is 2. The van der Waals surface area contributed by atoms with E-state index < -0.39 is 6.10 Å². The van der Waals surface area contributed by atoms with Gasteiger partial charge in [-0.3, -0.25) is 4.79 Å². The third-order valence-corrected chi connectivity index (χ3v) is 3.60. The Hall–Kier alpha value is -2.82. The second-order valence-electron chi connectivity index (χ2n) is 5.32. The van der Waals surface area contributed by atoms with Gasteiger partial charge in [-0.1, -0.05) is 49.4 Å². The van der Waals surface area contributed by atoms with E-state index in [1.54, 1.807) is 12.3 Å². The molecule has 0 radical (unpaired) electrons. The van der Waals surface area contributed by atoms with E-state index in [1.807, 2.05) is 55.5 Å². The molecule has 2 atom stereocenters. The number of hydrogen-bond acceptors (Lipinski definition) is 4. The molecule has 1 heterocycles. The normalized spacial score (nSPS) is 17.7. The molecule has 5 nitrogen and oxygen atoms in total. The Morgan fingerprint density at radius 1 is 1.17 bits per heavy atom. The van der Waals surface area contributed by atoms with Gasteiger partial charge in [-0.05, 0) is 17.7 Å². The Balaban J connectivity index is 1.55. The van der Waals surface area contributed by atoms with Crippen molar-refractivity contribution in [2.75, 3.05) is 6.61 Å². The minimum absolute atomic E-state index is 0.112. The monoisotopic (exact) mass is 310 g/mol. The number of hydrazone groups is 1. The van der Waals surface area contributed by atoms with Gasteiger partial charge in [0.05, 0.1) is 0 Å². The van der Waals surface area contributed by atoms with Crippen LogP contribution in [-0.2, 0) is 4.79 Å². The minimum Gasteiger partial charge on any atom is -0.485 e. The summed E-state index contributed by atoms with van der Waals surface area (Å²) >= 11 is 0. The molecule has 5 heteroatoms. The molecular formula is C18H18N2O3. The number of hydrogen-bond donors (Lipinski definition) is 1. The van der Waals surface area contributed by atoms with Gasteiger partial charge in [0.25, 0.3) is 5.91 Å². The summed E-state index contributed by atoms with van der Waals surface area (Å²) in [5.41, 5.74) is 3.65. The van der Waals surface area contributed by atoms with Crippen LogP contribution in [0.3, 0.4) is 0 Å². The van der Waals surface area contributed by atoms with Crippen LogP contribution in [0, 0.1) is 0 Å². The molecule has 1 N–H and O–H groups in total. The highest BCUT2D eigenvalue weighted by molar-refractivity contribution is 5.82. The van der Waals surface area contributed by atoms with Crippen LogP contribution in [0.15, 0.2) is 59.7 Å². The summed E-state index contributed by atoms with van der Waals surface area (Å²) in [6, 6.07) is 17.2. The zero-order valence-electron chi connectivity index (χ0n) is 12.8. The number of para-hydroxylation sites is 2. The van der Waals surface area contributed by atoms with E-state index in [9.17, 15) is 4.79 Å². The van der Waals surface area contributed by atoms with E-state index in [0.29, 0.717) is 11.5 Å². The zero-order valence-corrected chi connectivity index (χ0v) is 12.8. The number of ether oxygens (including phenoxy) is 2. The first-order valence-electron chi connectivity index (χ1n) is 7.50. The summed E-state index contributed by atoms with van der Waals surface area (Å²) in [5.74, 6) is 1.01. The maximum Gasteiger partial charge on any atom is 0.284 e. The van der Waals surface area contributed by atoms with Gasteiger partial charge in [0.2, 0.25) is 6.10 Å². The number of nitrogens with zero attached hydrogens (tertiary/aromatic N) is 1. The summed E-state index contributed by atoms with van der Waals surface area (Å²) in [6.45, 7) is 2.19. The summed E-state index contributed by atoms with van der Waals surface area (Å²) in [5, 5.41) is 4.02. The van der Waals surface area contributed by atoms with Crippen molar-refractivity contribution in [2.45, 2.75) is 18.9 Å². The van der Waals surface area contributed by atoms with Gasteiger partial charge in [-0.15, -0.1) is 0 Å². The van der Waals surface area contributed by atoms with Crippen molar-refractivity contribution < 1.29 is 14.3 Å². The molecule has 0 aliphatic carbocycles. The van der Waals surface area contributed by atoms with Crippen LogP contribution in [0.2, 0.25) is 0 Å². The topological polar surface area (TPSA) is 59.9 Å². The summed E-state index contributed by atoms with van der Waals surface area (Å²) in [6.07, 6.45) is 0.999. The molecule has 1 amide bonds. The fourth-order valence-electron chi connectivity index (χ4n) is 2.28. The molecule has 23 heavy (non-hydrogen) atoms. The highest BCUT2D eigenvalue weighted by Gasteiger charge is 2.26. The fraction of sp³-hybridized carbons (Fsp3) is 0.222. The number of nitrogens with one attached hydrogen (secondary N) is 1. The molecule has 1 aliphatic heterocycles. The second kappa shape index (κ2) is 6.96. The quantitative estimate of drug-likeness (QED) is 0.698. The molecule has 118 valence electrons. The molecular weight excluding hydrogens is 292 g/mol. The molecule has 2 aromatic carbocycles. The molecule has 0 fully saturated rings. The summed E-state index contributed by atoms with van der Waals surface area (Å²) in [7, 11) is 0. The summed E-state index contributed by atoms with van der Waals surface area (Å²) in [4.78, 5) is 12.1. The van der Waals surface area contributed by atoms with Gasteiger partial charge in [-0.25, -0.2) is 5.43 Å². The second-order valence-corrected chi connectivity index (χ2v) is 5.32. The molecule has 0 saturated heterocycles. The van der Waals surface area contributed by atoms with Crippen LogP contribution in [0.1, 0.15) is 18.4 Å². The minimum atomic E-state index is -0.700. The lowest BCUT2D eigenvalue weighted by molar-refractivity contribution is -0.130. The molecule has 2 aromatic rings. The number of rotatable bonds is 4. The first-order valence-corrected chi connectivity index (χ1v) is 7.50. The number of carbonyl (C=O) groups is 1. The van der Waals surface area contributed by atoms with Crippen LogP contribution in [0.5, 0.6) is 11.5 Å². The highest BCUT2D eigenvalue weighted by Crippen LogP contribution is 2.30. The summed E-state index contributed by atoms with van der Waals surface area (Å²) < 4.78 is 11.1. The number of fused-ring (bicyclic) bond motifs is 1. The largest absolute Gasteiger partial charge is 0.485 e. The van der Waals surface area contributed by atoms with Crippen LogP contribution < -0.4 is 14.9 Å². The van der Waals surface area contributed by atoms with Crippen LogP contribution in [0.25, 0.3) is 0 Å². The van der Waals surface area contributed by atoms with E-state index in [4.69, 9.17) is 9.47 Å². The van der Waals surface area contributed by atoms with Crippen molar-refractivity contribution in [3.8, 4) is 11.5 Å². The lowest BCUT2D eigenvalue weighted by atomic mass is 10.0. The van der Waals surface area contributed by atoms with Gasteiger partial charge in [0.15, 0.2) is 11.5 Å². The first kappa shape index (κ1) is 15.1. The average molecular weight is 310 g/mol. The predicted molar refractivity (Wildman–Crippen MR) is 87.8 cm³/mol. The Morgan fingerprint density at radius 3 is 2.65 bits per heavy atom. The molecule has 0 aromatic heterocycles. The van der Waals surface area contributed by atoms with Gasteiger partial charge < -0.3 is 9.47 Å². The molecule has 0 bridgehead atoms. The zero-order chi connectivity index (χ0) is 16.1. The van der Waals surface area contributed by atoms with Gasteiger partial charge in [-0.2, -0.15) is 5.10 Å². The van der Waals surface area contributed by atoms with E-state index in [0.717, 1.165) is 5.56 Å². The van der Waals surface area contributed by atoms with E-state index in [2.05, 4.69) is 10.5 Å². The lowest BCUT2D eigenvalue weighted by Gasteiger charge is -2.24. The van der Waals surface area contributed by atoms with Gasteiger partial charge in [0, 0.05) is 12.1 Å². The van der Waals surface area contributed by atoms with E-state index in [1.165, 1.54) is 0 Å². The van der Waals surface area contributed by atoms with Crippen molar-refractivity contribution >= 4 is 12.1 Å². The third-order valence-electron chi connectivity index (χ3n) is 3.60. The molecule has 1 aliphatic rings. The highest BCUT2D eigenvalue weighted by atomic mass is 16.6. The van der Waals surface area contributed by atoms with Crippen molar-refractivity contribution in [3.63, 3.8) is 0 Å². The van der Waals surface area contributed by atoms with E-state index >= 15 is 0 Å². The maximum atomic E-state index is 12.1. The SMILES string of the molecule is CC(/C=N/NC(=O)C1COc2ccccc2O1)c1ccccc1. The number of carbonyl (C=O) groups excluding carboxylic acids is 1. The van der Waals surface area contributed by atoms with Crippen molar-refractivity contribution in [2.24, 2.45) is 5.10 Å². The predicted octanol–water partition coefficient (Wildman–Crippen LogP) is 2.73. The van der Waals surface area contributed by atoms with Gasteiger partial charge in [0.1, 0.15) is 6.61 Å². The fourth-order valence-corrected chi connectivity index (χ4v) is 2.28. The van der Waals surface area contributed by atoms with Crippen molar-refractivity contribution in [3.05, 3.63) is 60.2 Å². The first-order chi connectivity index (χ1) is 11.2.